The van der Waals surface area contributed by atoms with Gasteiger partial charge in [-0.05, 0) is 0 Å². The molecule has 188 valence electrons. The zero-order valence-electron chi connectivity index (χ0n) is 23.5. The number of aromatic hydroxyl groups is 1. The third kappa shape index (κ3) is 6.74. The molecule has 1 aromatic rings. The summed E-state index contributed by atoms with van der Waals surface area (Å²) in [5, 5.41) is 13.1. The van der Waals surface area contributed by atoms with Crippen LogP contribution in [0.15, 0.2) is 12.1 Å². The first-order valence-corrected chi connectivity index (χ1v) is 16.7. The number of benzene rings is 1. The average molecular weight is 465 g/mol. The molecular formula is C30H57OP. The standard InChI is InChI=1S/C30H57OP/c1-11-15-19-32(20-16-12-2,21-17-13-3,22-18-14-4)25-23-26(29(5,6)7)28(31)27(24-25)30(8,9)10/h23-24,31H,11-22H2,1-10H3. The third-order valence-electron chi connectivity index (χ3n) is 7.83. The van der Waals surface area contributed by atoms with Crippen molar-refractivity contribution in [1.82, 2.24) is 0 Å². The summed E-state index contributed by atoms with van der Waals surface area (Å²) >= 11 is 0. The molecule has 1 rings (SSSR count). The van der Waals surface area contributed by atoms with E-state index in [2.05, 4.69) is 81.4 Å². The topological polar surface area (TPSA) is 20.2 Å². The maximum absolute atomic E-state index is 11.5. The zero-order valence-corrected chi connectivity index (χ0v) is 24.4. The fraction of sp³-hybridized carbons (Fsp3) is 0.800. The quantitative estimate of drug-likeness (QED) is 0.288. The van der Waals surface area contributed by atoms with Crippen LogP contribution < -0.4 is 5.30 Å². The minimum atomic E-state index is -2.17. The van der Waals surface area contributed by atoms with Crippen molar-refractivity contribution in [3.63, 3.8) is 0 Å². The molecule has 0 radical (unpaired) electrons. The van der Waals surface area contributed by atoms with E-state index in [1.54, 1.807) is 5.30 Å². The summed E-state index contributed by atoms with van der Waals surface area (Å²) in [7, 11) is 0. The Labute approximate surface area is 202 Å². The van der Waals surface area contributed by atoms with Crippen molar-refractivity contribution in [3.05, 3.63) is 23.3 Å². The Morgan fingerprint density at radius 2 is 0.875 bits per heavy atom. The molecule has 1 aromatic carbocycles. The van der Waals surface area contributed by atoms with E-state index in [-0.39, 0.29) is 10.8 Å². The van der Waals surface area contributed by atoms with Gasteiger partial charge in [-0.3, -0.25) is 0 Å². The number of phenolic OH excluding ortho intramolecular Hbond substituents is 1. The number of rotatable bonds is 13. The predicted octanol–water partition coefficient (Wildman–Crippen LogP) is 9.37. The Morgan fingerprint density at radius 3 is 1.09 bits per heavy atom. The van der Waals surface area contributed by atoms with Crippen LogP contribution in [0, 0.1) is 0 Å². The van der Waals surface area contributed by atoms with Crippen LogP contribution >= 0.6 is 6.60 Å². The van der Waals surface area contributed by atoms with Crippen LogP contribution in [0.2, 0.25) is 0 Å². The summed E-state index contributed by atoms with van der Waals surface area (Å²) in [6.07, 6.45) is 16.1. The maximum atomic E-state index is 11.5. The number of hydrogen-bond acceptors (Lipinski definition) is 1. The molecule has 0 heterocycles. The van der Waals surface area contributed by atoms with Crippen molar-refractivity contribution in [2.45, 2.75) is 131 Å². The van der Waals surface area contributed by atoms with E-state index in [0.717, 1.165) is 11.1 Å². The normalized spacial score (nSPS) is 14.4. The van der Waals surface area contributed by atoms with Gasteiger partial charge in [0.1, 0.15) is 0 Å². The molecule has 1 nitrogen and oxygen atoms in total. The van der Waals surface area contributed by atoms with Gasteiger partial charge in [-0.15, -0.1) is 0 Å². The van der Waals surface area contributed by atoms with Crippen molar-refractivity contribution in [2.24, 2.45) is 0 Å². The van der Waals surface area contributed by atoms with E-state index in [9.17, 15) is 5.11 Å². The van der Waals surface area contributed by atoms with Gasteiger partial charge in [0.2, 0.25) is 0 Å². The predicted molar refractivity (Wildman–Crippen MR) is 151 cm³/mol. The SMILES string of the molecule is CCCCP(CCCC)(CCCC)(CCCC)c1cc(C(C)(C)C)c(O)c(C(C)(C)C)c1. The molecule has 0 fully saturated rings. The molecule has 0 atom stereocenters. The summed E-state index contributed by atoms with van der Waals surface area (Å²) in [5.41, 5.74) is 2.20. The van der Waals surface area contributed by atoms with Crippen molar-refractivity contribution in [2.75, 3.05) is 24.6 Å². The minimum absolute atomic E-state index is 0.0644. The Kier molecular flexibility index (Phi) is 10.8. The Morgan fingerprint density at radius 1 is 0.594 bits per heavy atom. The molecule has 0 amide bonds. The summed E-state index contributed by atoms with van der Waals surface area (Å²) in [6.45, 7) is 20.9. The van der Waals surface area contributed by atoms with E-state index in [1.807, 2.05) is 0 Å². The zero-order chi connectivity index (χ0) is 24.7. The van der Waals surface area contributed by atoms with Gasteiger partial charge in [-0.2, -0.15) is 0 Å². The molecular weight excluding hydrogens is 407 g/mol. The van der Waals surface area contributed by atoms with Crippen molar-refractivity contribution < 1.29 is 5.11 Å². The van der Waals surface area contributed by atoms with Gasteiger partial charge in [-0.25, -0.2) is 0 Å². The van der Waals surface area contributed by atoms with E-state index < -0.39 is 6.60 Å². The van der Waals surface area contributed by atoms with E-state index in [4.69, 9.17) is 0 Å². The molecule has 1 N–H and O–H groups in total. The monoisotopic (exact) mass is 464 g/mol. The third-order valence-corrected chi connectivity index (χ3v) is 15.5. The number of hydrogen-bond donors (Lipinski definition) is 1. The first kappa shape index (κ1) is 29.5. The first-order chi connectivity index (χ1) is 14.8. The van der Waals surface area contributed by atoms with Crippen molar-refractivity contribution in [1.29, 1.82) is 0 Å². The molecule has 0 saturated heterocycles. The van der Waals surface area contributed by atoms with Gasteiger partial charge in [0, 0.05) is 0 Å². The molecule has 0 spiro atoms. The fourth-order valence-electron chi connectivity index (χ4n) is 5.61. The van der Waals surface area contributed by atoms with Crippen LogP contribution in [0.1, 0.15) is 132 Å². The van der Waals surface area contributed by atoms with E-state index in [0.29, 0.717) is 5.75 Å². The van der Waals surface area contributed by atoms with Crippen molar-refractivity contribution in [3.8, 4) is 5.75 Å². The Hall–Kier alpha value is -0.550. The molecule has 0 aromatic heterocycles. The van der Waals surface area contributed by atoms with Crippen LogP contribution in [0.4, 0.5) is 0 Å². The molecule has 0 bridgehead atoms. The van der Waals surface area contributed by atoms with Gasteiger partial charge in [-0.1, -0.05) is 0 Å². The van der Waals surface area contributed by atoms with Crippen LogP contribution in [-0.4, -0.2) is 29.8 Å². The Balaban J connectivity index is 4.09. The molecule has 0 aliphatic carbocycles. The molecule has 2 heteroatoms. The first-order valence-electron chi connectivity index (χ1n) is 13.7. The van der Waals surface area contributed by atoms with Crippen LogP contribution in [0.25, 0.3) is 0 Å². The van der Waals surface area contributed by atoms with Crippen LogP contribution in [-0.2, 0) is 10.8 Å². The van der Waals surface area contributed by atoms with Gasteiger partial charge in [0.25, 0.3) is 0 Å². The summed E-state index contributed by atoms with van der Waals surface area (Å²) in [6, 6.07) is 5.00. The van der Waals surface area contributed by atoms with Gasteiger partial charge < -0.3 is 0 Å². The van der Waals surface area contributed by atoms with Crippen LogP contribution in [0.3, 0.4) is 0 Å². The molecule has 32 heavy (non-hydrogen) atoms. The molecule has 0 aliphatic heterocycles. The number of phenols is 1. The summed E-state index contributed by atoms with van der Waals surface area (Å²) in [5.74, 6) is 0.544. The van der Waals surface area contributed by atoms with Crippen molar-refractivity contribution >= 4 is 11.9 Å². The second kappa shape index (κ2) is 11.7. The van der Waals surface area contributed by atoms with E-state index in [1.165, 1.54) is 76.0 Å². The van der Waals surface area contributed by atoms with E-state index >= 15 is 0 Å². The average Bonchev–Trinajstić information content (AvgIpc) is 2.71. The number of unbranched alkanes of at least 4 members (excludes halogenated alkanes) is 4. The van der Waals surface area contributed by atoms with Gasteiger partial charge in [0.15, 0.2) is 0 Å². The summed E-state index contributed by atoms with van der Waals surface area (Å²) in [4.78, 5) is 0. The summed E-state index contributed by atoms with van der Waals surface area (Å²) < 4.78 is 0. The fourth-order valence-corrected chi connectivity index (χ4v) is 13.5. The molecule has 0 unspecified atom stereocenters. The Bertz CT molecular complexity index is 626. The molecule has 0 aliphatic rings. The van der Waals surface area contributed by atoms with Gasteiger partial charge in [0.05, 0.1) is 0 Å². The van der Waals surface area contributed by atoms with Gasteiger partial charge >= 0.3 is 202 Å². The van der Waals surface area contributed by atoms with Crippen LogP contribution in [0.5, 0.6) is 5.75 Å². The second-order valence-corrected chi connectivity index (χ2v) is 18.9. The second-order valence-electron chi connectivity index (χ2n) is 12.7. The molecule has 0 saturated carbocycles.